The number of nitrogens with one attached hydrogen (secondary N) is 1. The smallest absolute Gasteiger partial charge is 0.231 e. The van der Waals surface area contributed by atoms with Gasteiger partial charge in [-0.2, -0.15) is 0 Å². The zero-order valence-electron chi connectivity index (χ0n) is 15.5. The number of rotatable bonds is 7. The molecule has 27 heavy (non-hydrogen) atoms. The summed E-state index contributed by atoms with van der Waals surface area (Å²) in [4.78, 5) is 1.83. The number of methoxy groups -OCH3 is 1. The molecule has 0 saturated heterocycles. The molecular weight excluding hydrogens is 349 g/mol. The zero-order valence-corrected chi connectivity index (χ0v) is 15.5. The highest BCUT2D eigenvalue weighted by molar-refractivity contribution is 5.70. The van der Waals surface area contributed by atoms with Gasteiger partial charge in [0.05, 0.1) is 19.3 Å². The molecule has 3 aromatic rings. The molecule has 0 unspecified atom stereocenters. The lowest BCUT2D eigenvalue weighted by molar-refractivity contribution is 0.311. The van der Waals surface area contributed by atoms with Crippen molar-refractivity contribution < 1.29 is 14.2 Å². The van der Waals surface area contributed by atoms with Crippen LogP contribution in [-0.2, 0) is 7.05 Å². The quantitative estimate of drug-likeness (QED) is 0.665. The van der Waals surface area contributed by atoms with Crippen LogP contribution < -0.4 is 15.0 Å². The van der Waals surface area contributed by atoms with Gasteiger partial charge >= 0.3 is 0 Å². The number of ether oxygens (including phenoxy) is 1. The van der Waals surface area contributed by atoms with Gasteiger partial charge in [0.2, 0.25) is 5.95 Å². The average molecular weight is 371 g/mol. The lowest BCUT2D eigenvalue weighted by Gasteiger charge is -2.18. The van der Waals surface area contributed by atoms with Crippen molar-refractivity contribution in [3.8, 4) is 17.1 Å². The van der Waals surface area contributed by atoms with Crippen LogP contribution in [0.15, 0.2) is 42.5 Å². The molecule has 3 rings (SSSR count). The first-order valence-electron chi connectivity index (χ1n) is 8.47. The maximum atomic E-state index is 13.2. The first kappa shape index (κ1) is 18.7. The molecule has 142 valence electrons. The van der Waals surface area contributed by atoms with Crippen LogP contribution in [0, 0.1) is 5.82 Å². The van der Waals surface area contributed by atoms with Crippen LogP contribution in [0.4, 0.5) is 21.7 Å². The van der Waals surface area contributed by atoms with Crippen molar-refractivity contribution in [1.82, 2.24) is 14.8 Å². The first-order valence-corrected chi connectivity index (χ1v) is 8.47. The van der Waals surface area contributed by atoms with Gasteiger partial charge in [0, 0.05) is 38.1 Å². The van der Waals surface area contributed by atoms with Gasteiger partial charge < -0.3 is 20.1 Å². The minimum Gasteiger partial charge on any atom is -0.496 e. The highest BCUT2D eigenvalue weighted by Crippen LogP contribution is 2.33. The standard InChI is InChI=1S/C19H22FN5O2/c1-24(15-7-4-13(20)5-8-15)19-23-22-18(25(19)2)16-9-6-14(21-10-11-26)12-17(16)27-3/h4-9,12,21,26H,10-11H2,1-3H3. The number of anilines is 3. The third kappa shape index (κ3) is 3.85. The Hall–Kier alpha value is -3.13. The number of aromatic nitrogens is 3. The molecule has 0 fully saturated rings. The van der Waals surface area contributed by atoms with Crippen molar-refractivity contribution in [2.45, 2.75) is 0 Å². The summed E-state index contributed by atoms with van der Waals surface area (Å²) < 4.78 is 20.5. The summed E-state index contributed by atoms with van der Waals surface area (Å²) in [6.45, 7) is 0.505. The van der Waals surface area contributed by atoms with Crippen molar-refractivity contribution in [1.29, 1.82) is 0 Å². The molecule has 2 aromatic carbocycles. The van der Waals surface area contributed by atoms with Crippen molar-refractivity contribution in [2.24, 2.45) is 7.05 Å². The molecule has 0 radical (unpaired) electrons. The van der Waals surface area contributed by atoms with E-state index >= 15 is 0 Å². The van der Waals surface area contributed by atoms with Gasteiger partial charge in [-0.1, -0.05) is 0 Å². The first-order chi connectivity index (χ1) is 13.0. The number of aliphatic hydroxyl groups is 1. The summed E-state index contributed by atoms with van der Waals surface area (Å²) in [6, 6.07) is 11.8. The molecule has 0 bridgehead atoms. The van der Waals surface area contributed by atoms with Crippen LogP contribution in [-0.4, -0.2) is 47.2 Å². The fraction of sp³-hybridized carbons (Fsp3) is 0.263. The van der Waals surface area contributed by atoms with Crippen LogP contribution in [0.1, 0.15) is 0 Å². The Morgan fingerprint density at radius 2 is 1.93 bits per heavy atom. The van der Waals surface area contributed by atoms with E-state index in [-0.39, 0.29) is 12.4 Å². The SMILES string of the molecule is COc1cc(NCCO)ccc1-c1nnc(N(C)c2ccc(F)cc2)n1C. The fourth-order valence-electron chi connectivity index (χ4n) is 2.81. The summed E-state index contributed by atoms with van der Waals surface area (Å²) in [5, 5.41) is 20.6. The van der Waals surface area contributed by atoms with E-state index in [2.05, 4.69) is 15.5 Å². The van der Waals surface area contributed by atoms with Gasteiger partial charge in [0.25, 0.3) is 0 Å². The predicted octanol–water partition coefficient (Wildman–Crippen LogP) is 2.80. The maximum Gasteiger partial charge on any atom is 0.231 e. The van der Waals surface area contributed by atoms with Crippen molar-refractivity contribution in [2.75, 3.05) is 37.5 Å². The number of hydrogen-bond acceptors (Lipinski definition) is 6. The summed E-state index contributed by atoms with van der Waals surface area (Å²) >= 11 is 0. The minimum absolute atomic E-state index is 0.0480. The Morgan fingerprint density at radius 3 is 2.59 bits per heavy atom. The second-order valence-corrected chi connectivity index (χ2v) is 5.98. The highest BCUT2D eigenvalue weighted by Gasteiger charge is 2.18. The average Bonchev–Trinajstić information content (AvgIpc) is 3.07. The lowest BCUT2D eigenvalue weighted by atomic mass is 10.1. The lowest BCUT2D eigenvalue weighted by Crippen LogP contribution is -2.14. The van der Waals surface area contributed by atoms with E-state index in [4.69, 9.17) is 9.84 Å². The monoisotopic (exact) mass is 371 g/mol. The molecule has 0 aliphatic carbocycles. The topological polar surface area (TPSA) is 75.4 Å². The fourth-order valence-corrected chi connectivity index (χ4v) is 2.81. The van der Waals surface area contributed by atoms with E-state index < -0.39 is 0 Å². The van der Waals surface area contributed by atoms with Crippen LogP contribution >= 0.6 is 0 Å². The Kier molecular flexibility index (Phi) is 5.56. The Morgan fingerprint density at radius 1 is 1.19 bits per heavy atom. The molecule has 2 N–H and O–H groups in total. The summed E-state index contributed by atoms with van der Waals surface area (Å²) in [5.74, 6) is 1.61. The van der Waals surface area contributed by atoms with Gasteiger partial charge in [-0.15, -0.1) is 10.2 Å². The molecule has 1 aromatic heterocycles. The van der Waals surface area contributed by atoms with Gasteiger partial charge in [-0.25, -0.2) is 4.39 Å². The predicted molar refractivity (Wildman–Crippen MR) is 103 cm³/mol. The molecule has 0 spiro atoms. The normalized spacial score (nSPS) is 10.7. The third-order valence-corrected chi connectivity index (χ3v) is 4.25. The number of benzene rings is 2. The van der Waals surface area contributed by atoms with Gasteiger partial charge in [-0.3, -0.25) is 4.57 Å². The Balaban J connectivity index is 1.93. The Bertz CT molecular complexity index is 911. The molecular formula is C19H22FN5O2. The van der Waals surface area contributed by atoms with Gasteiger partial charge in [0.15, 0.2) is 5.82 Å². The highest BCUT2D eigenvalue weighted by atomic mass is 19.1. The third-order valence-electron chi connectivity index (χ3n) is 4.25. The number of aliphatic hydroxyl groups excluding tert-OH is 1. The van der Waals surface area contributed by atoms with Gasteiger partial charge in [0.1, 0.15) is 11.6 Å². The van der Waals surface area contributed by atoms with E-state index in [0.717, 1.165) is 16.9 Å². The van der Waals surface area contributed by atoms with E-state index in [0.29, 0.717) is 24.1 Å². The number of hydrogen-bond donors (Lipinski definition) is 2. The van der Waals surface area contributed by atoms with Crippen LogP contribution in [0.3, 0.4) is 0 Å². The number of nitrogens with zero attached hydrogens (tertiary/aromatic N) is 4. The van der Waals surface area contributed by atoms with E-state index in [1.165, 1.54) is 12.1 Å². The molecule has 0 aliphatic rings. The summed E-state index contributed by atoms with van der Waals surface area (Å²) in [5.41, 5.74) is 2.44. The van der Waals surface area contributed by atoms with E-state index in [1.54, 1.807) is 19.2 Å². The van der Waals surface area contributed by atoms with Gasteiger partial charge in [-0.05, 0) is 36.4 Å². The van der Waals surface area contributed by atoms with Crippen LogP contribution in [0.25, 0.3) is 11.4 Å². The molecule has 0 saturated carbocycles. The summed E-state index contributed by atoms with van der Waals surface area (Å²) in [6.07, 6.45) is 0. The van der Waals surface area contributed by atoms with Crippen molar-refractivity contribution >= 4 is 17.3 Å². The second-order valence-electron chi connectivity index (χ2n) is 5.98. The second kappa shape index (κ2) is 8.05. The molecule has 1 heterocycles. The van der Waals surface area contributed by atoms with Crippen molar-refractivity contribution in [3.63, 3.8) is 0 Å². The van der Waals surface area contributed by atoms with E-state index in [9.17, 15) is 4.39 Å². The van der Waals surface area contributed by atoms with Crippen molar-refractivity contribution in [3.05, 3.63) is 48.3 Å². The molecule has 0 atom stereocenters. The van der Waals surface area contributed by atoms with Crippen LogP contribution in [0.5, 0.6) is 5.75 Å². The van der Waals surface area contributed by atoms with E-state index in [1.807, 2.05) is 41.8 Å². The minimum atomic E-state index is -0.287. The summed E-state index contributed by atoms with van der Waals surface area (Å²) in [7, 11) is 5.30. The molecule has 8 heteroatoms. The number of halogens is 1. The largest absolute Gasteiger partial charge is 0.496 e. The zero-order chi connectivity index (χ0) is 19.4. The Labute approximate surface area is 157 Å². The van der Waals surface area contributed by atoms with Crippen LogP contribution in [0.2, 0.25) is 0 Å². The molecule has 0 aliphatic heterocycles. The maximum absolute atomic E-state index is 13.2. The molecule has 0 amide bonds. The molecule has 7 nitrogen and oxygen atoms in total.